The van der Waals surface area contributed by atoms with Gasteiger partial charge in [-0.15, -0.1) is 0 Å². The fourth-order valence-corrected chi connectivity index (χ4v) is 2.41. The molecular formula is C13H18N2O3. The average molecular weight is 250 g/mol. The van der Waals surface area contributed by atoms with Crippen molar-refractivity contribution in [2.75, 3.05) is 25.1 Å². The van der Waals surface area contributed by atoms with Gasteiger partial charge in [-0.05, 0) is 18.9 Å². The van der Waals surface area contributed by atoms with E-state index >= 15 is 0 Å². The molecule has 1 fully saturated rings. The Hall–Kier alpha value is -1.78. The Morgan fingerprint density at radius 3 is 3.00 bits per heavy atom. The molecule has 0 aromatic carbocycles. The standard InChI is InChI=1S/C13H18N2O3/c1-3-13(12(16)17)5-7-15(9-13)10-4-6-14-11(8-10)18-2/h4,6,8H,3,5,7,9H2,1-2H3,(H,16,17). The molecule has 2 rings (SSSR count). The van der Waals surface area contributed by atoms with Crippen molar-refractivity contribution in [1.82, 2.24) is 4.98 Å². The van der Waals surface area contributed by atoms with Gasteiger partial charge < -0.3 is 14.7 Å². The smallest absolute Gasteiger partial charge is 0.311 e. The summed E-state index contributed by atoms with van der Waals surface area (Å²) in [6.45, 7) is 3.24. The highest BCUT2D eigenvalue weighted by Crippen LogP contribution is 2.37. The maximum atomic E-state index is 11.4. The van der Waals surface area contributed by atoms with Crippen LogP contribution in [0.25, 0.3) is 0 Å². The fourth-order valence-electron chi connectivity index (χ4n) is 2.41. The van der Waals surface area contributed by atoms with Crippen LogP contribution in [0.4, 0.5) is 5.69 Å². The first kappa shape index (κ1) is 12.7. The van der Waals surface area contributed by atoms with Crippen LogP contribution in [-0.4, -0.2) is 36.3 Å². The third kappa shape index (κ3) is 2.12. The largest absolute Gasteiger partial charge is 0.481 e. The summed E-state index contributed by atoms with van der Waals surface area (Å²) in [5, 5.41) is 9.37. The molecule has 1 atom stereocenters. The Kier molecular flexibility index (Phi) is 3.41. The number of ether oxygens (including phenoxy) is 1. The van der Waals surface area contributed by atoms with E-state index in [1.807, 2.05) is 19.1 Å². The van der Waals surface area contributed by atoms with Gasteiger partial charge in [0.05, 0.1) is 12.5 Å². The molecule has 0 aliphatic carbocycles. The number of rotatable bonds is 4. The number of aromatic nitrogens is 1. The van der Waals surface area contributed by atoms with Crippen molar-refractivity contribution in [3.63, 3.8) is 0 Å². The summed E-state index contributed by atoms with van der Waals surface area (Å²) in [6.07, 6.45) is 3.02. The third-order valence-electron chi connectivity index (χ3n) is 3.78. The van der Waals surface area contributed by atoms with Crippen LogP contribution in [0.1, 0.15) is 19.8 Å². The quantitative estimate of drug-likeness (QED) is 0.882. The van der Waals surface area contributed by atoms with Crippen LogP contribution in [-0.2, 0) is 4.79 Å². The van der Waals surface area contributed by atoms with Gasteiger partial charge in [0, 0.05) is 31.0 Å². The van der Waals surface area contributed by atoms with Gasteiger partial charge in [0.2, 0.25) is 5.88 Å². The number of hydrogen-bond donors (Lipinski definition) is 1. The molecule has 0 saturated carbocycles. The summed E-state index contributed by atoms with van der Waals surface area (Å²) in [6, 6.07) is 3.73. The molecule has 2 heterocycles. The van der Waals surface area contributed by atoms with Crippen molar-refractivity contribution in [2.24, 2.45) is 5.41 Å². The summed E-state index contributed by atoms with van der Waals surface area (Å²) >= 11 is 0. The third-order valence-corrected chi connectivity index (χ3v) is 3.78. The maximum absolute atomic E-state index is 11.4. The molecule has 1 aromatic heterocycles. The second kappa shape index (κ2) is 4.84. The van der Waals surface area contributed by atoms with Crippen LogP contribution >= 0.6 is 0 Å². The van der Waals surface area contributed by atoms with Gasteiger partial charge in [0.15, 0.2) is 0 Å². The second-order valence-electron chi connectivity index (χ2n) is 4.67. The van der Waals surface area contributed by atoms with E-state index in [1.165, 1.54) is 0 Å². The summed E-state index contributed by atoms with van der Waals surface area (Å²) in [5.74, 6) is -0.148. The summed E-state index contributed by atoms with van der Waals surface area (Å²) < 4.78 is 5.09. The zero-order valence-corrected chi connectivity index (χ0v) is 10.7. The molecule has 5 nitrogen and oxygen atoms in total. The number of pyridine rings is 1. The first-order valence-corrected chi connectivity index (χ1v) is 6.10. The molecule has 0 amide bonds. The van der Waals surface area contributed by atoms with Crippen molar-refractivity contribution in [1.29, 1.82) is 0 Å². The van der Waals surface area contributed by atoms with Gasteiger partial charge in [-0.3, -0.25) is 4.79 Å². The first-order valence-electron chi connectivity index (χ1n) is 6.10. The van der Waals surface area contributed by atoms with Gasteiger partial charge in [0.1, 0.15) is 0 Å². The number of methoxy groups -OCH3 is 1. The topological polar surface area (TPSA) is 62.7 Å². The Morgan fingerprint density at radius 2 is 2.44 bits per heavy atom. The van der Waals surface area contributed by atoms with E-state index in [0.717, 1.165) is 12.2 Å². The van der Waals surface area contributed by atoms with Crippen molar-refractivity contribution in [3.05, 3.63) is 18.3 Å². The zero-order valence-electron chi connectivity index (χ0n) is 10.7. The van der Waals surface area contributed by atoms with Crippen LogP contribution in [0.5, 0.6) is 5.88 Å². The normalized spacial score (nSPS) is 23.1. The molecule has 1 unspecified atom stereocenters. The average Bonchev–Trinajstić information content (AvgIpc) is 2.84. The maximum Gasteiger partial charge on any atom is 0.311 e. The monoisotopic (exact) mass is 250 g/mol. The van der Waals surface area contributed by atoms with E-state index in [-0.39, 0.29) is 0 Å². The highest BCUT2D eigenvalue weighted by molar-refractivity contribution is 5.76. The highest BCUT2D eigenvalue weighted by atomic mass is 16.5. The Labute approximate surface area is 106 Å². The number of anilines is 1. The minimum atomic E-state index is -0.700. The lowest BCUT2D eigenvalue weighted by atomic mass is 9.84. The molecule has 98 valence electrons. The Balaban J connectivity index is 2.19. The van der Waals surface area contributed by atoms with Crippen LogP contribution in [0.2, 0.25) is 0 Å². The lowest BCUT2D eigenvalue weighted by Crippen LogP contribution is -2.34. The highest BCUT2D eigenvalue weighted by Gasteiger charge is 2.43. The molecule has 1 aromatic rings. The van der Waals surface area contributed by atoms with Crippen molar-refractivity contribution in [3.8, 4) is 5.88 Å². The van der Waals surface area contributed by atoms with E-state index in [1.54, 1.807) is 13.3 Å². The number of carboxylic acids is 1. The molecule has 1 aliphatic rings. The molecule has 0 bridgehead atoms. The van der Waals surface area contributed by atoms with E-state index in [0.29, 0.717) is 25.3 Å². The number of hydrogen-bond acceptors (Lipinski definition) is 4. The first-order chi connectivity index (χ1) is 8.61. The molecular weight excluding hydrogens is 232 g/mol. The number of carboxylic acid groups (broad SMARTS) is 1. The molecule has 5 heteroatoms. The SMILES string of the molecule is CCC1(C(=O)O)CCN(c2ccnc(OC)c2)C1. The summed E-state index contributed by atoms with van der Waals surface area (Å²) in [7, 11) is 1.57. The molecule has 0 radical (unpaired) electrons. The minimum Gasteiger partial charge on any atom is -0.481 e. The van der Waals surface area contributed by atoms with E-state index in [2.05, 4.69) is 9.88 Å². The van der Waals surface area contributed by atoms with Gasteiger partial charge in [-0.1, -0.05) is 6.92 Å². The van der Waals surface area contributed by atoms with Crippen molar-refractivity contribution >= 4 is 11.7 Å². The van der Waals surface area contributed by atoms with Gasteiger partial charge in [-0.25, -0.2) is 4.98 Å². The van der Waals surface area contributed by atoms with Gasteiger partial charge >= 0.3 is 5.97 Å². The van der Waals surface area contributed by atoms with E-state index < -0.39 is 11.4 Å². The van der Waals surface area contributed by atoms with E-state index in [4.69, 9.17) is 4.74 Å². The minimum absolute atomic E-state index is 0.548. The van der Waals surface area contributed by atoms with Gasteiger partial charge in [0.25, 0.3) is 0 Å². The van der Waals surface area contributed by atoms with Crippen LogP contribution < -0.4 is 9.64 Å². The molecule has 18 heavy (non-hydrogen) atoms. The number of nitrogens with zero attached hydrogens (tertiary/aromatic N) is 2. The van der Waals surface area contributed by atoms with Crippen LogP contribution in [0.3, 0.4) is 0 Å². The van der Waals surface area contributed by atoms with Crippen molar-refractivity contribution < 1.29 is 14.6 Å². The van der Waals surface area contributed by atoms with Crippen LogP contribution in [0.15, 0.2) is 18.3 Å². The molecule has 0 spiro atoms. The predicted octanol–water partition coefficient (Wildman–Crippen LogP) is 1.78. The van der Waals surface area contributed by atoms with E-state index in [9.17, 15) is 9.90 Å². The molecule has 1 aliphatic heterocycles. The number of carbonyl (C=O) groups is 1. The lowest BCUT2D eigenvalue weighted by Gasteiger charge is -2.24. The lowest BCUT2D eigenvalue weighted by molar-refractivity contribution is -0.147. The van der Waals surface area contributed by atoms with Crippen molar-refractivity contribution in [2.45, 2.75) is 19.8 Å². The Bertz CT molecular complexity index is 450. The molecule has 1 N–H and O–H groups in total. The predicted molar refractivity (Wildman–Crippen MR) is 68.0 cm³/mol. The Morgan fingerprint density at radius 1 is 1.67 bits per heavy atom. The van der Waals surface area contributed by atoms with Crippen LogP contribution in [0, 0.1) is 5.41 Å². The zero-order chi connectivity index (χ0) is 13.2. The summed E-state index contributed by atoms with van der Waals surface area (Å²) in [5.41, 5.74) is 0.356. The number of aliphatic carboxylic acids is 1. The summed E-state index contributed by atoms with van der Waals surface area (Å²) in [4.78, 5) is 17.5. The van der Waals surface area contributed by atoms with Gasteiger partial charge in [-0.2, -0.15) is 0 Å². The second-order valence-corrected chi connectivity index (χ2v) is 4.67. The molecule has 1 saturated heterocycles. The fraction of sp³-hybridized carbons (Fsp3) is 0.538.